The second-order valence-corrected chi connectivity index (χ2v) is 4.79. The molecule has 0 aromatic heterocycles. The molecule has 1 heterocycles. The van der Waals surface area contributed by atoms with Gasteiger partial charge in [0.15, 0.2) is 0 Å². The average Bonchev–Trinajstić information content (AvgIpc) is 2.35. The Morgan fingerprint density at radius 1 is 1.50 bits per heavy atom. The number of halogens is 1. The molecule has 4 nitrogen and oxygen atoms in total. The molecule has 1 aliphatic heterocycles. The smallest absolute Gasteiger partial charge is 0.254 e. The first-order valence-corrected chi connectivity index (χ1v) is 6.24. The Morgan fingerprint density at radius 2 is 2.22 bits per heavy atom. The zero-order valence-electron chi connectivity index (χ0n) is 10.4. The molecule has 18 heavy (non-hydrogen) atoms. The van der Waals surface area contributed by atoms with Crippen LogP contribution in [0.5, 0.6) is 0 Å². The number of nitrogens with zero attached hydrogens (tertiary/aromatic N) is 1. The molecule has 5 heteroatoms. The molecule has 0 radical (unpaired) electrons. The van der Waals surface area contributed by atoms with Crippen molar-refractivity contribution in [1.82, 2.24) is 10.2 Å². The maximum Gasteiger partial charge on any atom is 0.254 e. The van der Waals surface area contributed by atoms with E-state index in [2.05, 4.69) is 5.32 Å². The van der Waals surface area contributed by atoms with Crippen LogP contribution in [0.2, 0.25) is 5.02 Å². The molecule has 96 valence electrons. The summed E-state index contributed by atoms with van der Waals surface area (Å²) in [6.45, 7) is 4.56. The van der Waals surface area contributed by atoms with Crippen molar-refractivity contribution in [3.63, 3.8) is 0 Å². The first-order chi connectivity index (χ1) is 8.52. The maximum atomic E-state index is 12.4. The number of nitrogens with one attached hydrogen (secondary N) is 1. The van der Waals surface area contributed by atoms with Gasteiger partial charge in [-0.3, -0.25) is 9.59 Å². The Kier molecular flexibility index (Phi) is 3.57. The van der Waals surface area contributed by atoms with E-state index in [4.69, 9.17) is 11.6 Å². The lowest BCUT2D eigenvalue weighted by molar-refractivity contribution is -0.127. The molecular formula is C13H15ClN2O2. The molecule has 0 bridgehead atoms. The fourth-order valence-corrected chi connectivity index (χ4v) is 2.23. The van der Waals surface area contributed by atoms with Crippen molar-refractivity contribution in [2.75, 3.05) is 13.1 Å². The predicted octanol–water partition coefficient (Wildman–Crippen LogP) is 1.61. The number of hydrogen-bond acceptors (Lipinski definition) is 2. The monoisotopic (exact) mass is 266 g/mol. The molecular weight excluding hydrogens is 252 g/mol. The quantitative estimate of drug-likeness (QED) is 0.840. The molecule has 1 saturated heterocycles. The molecule has 0 saturated carbocycles. The van der Waals surface area contributed by atoms with E-state index in [1.807, 2.05) is 6.92 Å². The van der Waals surface area contributed by atoms with E-state index in [0.717, 1.165) is 5.56 Å². The van der Waals surface area contributed by atoms with Crippen molar-refractivity contribution in [1.29, 1.82) is 0 Å². The van der Waals surface area contributed by atoms with Gasteiger partial charge in [0.2, 0.25) is 5.91 Å². The van der Waals surface area contributed by atoms with Crippen molar-refractivity contribution in [2.24, 2.45) is 0 Å². The zero-order chi connectivity index (χ0) is 13.3. The minimum absolute atomic E-state index is 0.116. The third kappa shape index (κ3) is 2.20. The molecule has 1 N–H and O–H groups in total. The molecule has 1 aliphatic rings. The Balaban J connectivity index is 2.31. The van der Waals surface area contributed by atoms with Gasteiger partial charge in [0.25, 0.3) is 5.91 Å². The van der Waals surface area contributed by atoms with Gasteiger partial charge in [-0.15, -0.1) is 0 Å². The summed E-state index contributed by atoms with van der Waals surface area (Å²) < 4.78 is 0. The third-order valence-corrected chi connectivity index (χ3v) is 3.67. The highest BCUT2D eigenvalue weighted by atomic mass is 35.5. The molecule has 1 aromatic rings. The Morgan fingerprint density at radius 3 is 2.94 bits per heavy atom. The van der Waals surface area contributed by atoms with Crippen molar-refractivity contribution in [3.8, 4) is 0 Å². The largest absolute Gasteiger partial charge is 0.353 e. The molecule has 0 spiro atoms. The number of carbonyl (C=O) groups is 2. The molecule has 1 aromatic carbocycles. The van der Waals surface area contributed by atoms with Crippen LogP contribution in [0.4, 0.5) is 0 Å². The SMILES string of the molecule is Cc1c(Cl)cccc1C(=O)N1CCNC(=O)C1C. The fourth-order valence-electron chi connectivity index (χ4n) is 2.05. The van der Waals surface area contributed by atoms with Crippen LogP contribution in [0.1, 0.15) is 22.8 Å². The molecule has 1 atom stereocenters. The van der Waals surface area contributed by atoms with E-state index >= 15 is 0 Å². The van der Waals surface area contributed by atoms with E-state index in [9.17, 15) is 9.59 Å². The number of carbonyl (C=O) groups excluding carboxylic acids is 2. The minimum Gasteiger partial charge on any atom is -0.353 e. The van der Waals surface area contributed by atoms with Crippen LogP contribution < -0.4 is 5.32 Å². The Hall–Kier alpha value is -1.55. The summed E-state index contributed by atoms with van der Waals surface area (Å²) in [6.07, 6.45) is 0. The molecule has 1 fully saturated rings. The molecule has 0 aliphatic carbocycles. The highest BCUT2D eigenvalue weighted by Crippen LogP contribution is 2.21. The van der Waals surface area contributed by atoms with Crippen LogP contribution in [-0.4, -0.2) is 35.8 Å². The Bertz CT molecular complexity index is 502. The summed E-state index contributed by atoms with van der Waals surface area (Å²) in [5.41, 5.74) is 1.31. The highest BCUT2D eigenvalue weighted by molar-refractivity contribution is 6.31. The van der Waals surface area contributed by atoms with Crippen LogP contribution in [0, 0.1) is 6.92 Å². The summed E-state index contributed by atoms with van der Waals surface area (Å²) in [4.78, 5) is 25.6. The lowest BCUT2D eigenvalue weighted by atomic mass is 10.1. The van der Waals surface area contributed by atoms with E-state index in [1.165, 1.54) is 0 Å². The summed E-state index contributed by atoms with van der Waals surface area (Å²) in [5, 5.41) is 3.30. The van der Waals surface area contributed by atoms with E-state index in [0.29, 0.717) is 23.7 Å². The second-order valence-electron chi connectivity index (χ2n) is 4.38. The summed E-state index contributed by atoms with van der Waals surface area (Å²) in [7, 11) is 0. The summed E-state index contributed by atoms with van der Waals surface area (Å²) in [6, 6.07) is 4.80. The normalized spacial score (nSPS) is 19.6. The van der Waals surface area contributed by atoms with Gasteiger partial charge in [0.1, 0.15) is 6.04 Å². The van der Waals surface area contributed by atoms with Gasteiger partial charge < -0.3 is 10.2 Å². The average molecular weight is 267 g/mol. The highest BCUT2D eigenvalue weighted by Gasteiger charge is 2.30. The number of hydrogen-bond donors (Lipinski definition) is 1. The number of amides is 2. The molecule has 2 rings (SSSR count). The lowest BCUT2D eigenvalue weighted by Crippen LogP contribution is -2.55. The van der Waals surface area contributed by atoms with Gasteiger partial charge in [-0.1, -0.05) is 17.7 Å². The van der Waals surface area contributed by atoms with Gasteiger partial charge in [0, 0.05) is 23.7 Å². The van der Waals surface area contributed by atoms with E-state index in [1.54, 1.807) is 30.0 Å². The van der Waals surface area contributed by atoms with Gasteiger partial charge >= 0.3 is 0 Å². The number of piperazine rings is 1. The zero-order valence-corrected chi connectivity index (χ0v) is 11.1. The van der Waals surface area contributed by atoms with Crippen LogP contribution >= 0.6 is 11.6 Å². The van der Waals surface area contributed by atoms with Crippen molar-refractivity contribution in [2.45, 2.75) is 19.9 Å². The van der Waals surface area contributed by atoms with Crippen LogP contribution in [0.25, 0.3) is 0 Å². The standard InChI is InChI=1S/C13H15ClN2O2/c1-8-10(4-3-5-11(8)14)13(18)16-7-6-15-12(17)9(16)2/h3-5,9H,6-7H2,1-2H3,(H,15,17). The number of benzene rings is 1. The minimum atomic E-state index is -0.440. The van der Waals surface area contributed by atoms with E-state index < -0.39 is 6.04 Å². The van der Waals surface area contributed by atoms with Gasteiger partial charge in [-0.25, -0.2) is 0 Å². The molecule has 1 unspecified atom stereocenters. The van der Waals surface area contributed by atoms with Crippen LogP contribution in [0.15, 0.2) is 18.2 Å². The fraction of sp³-hybridized carbons (Fsp3) is 0.385. The summed E-state index contributed by atoms with van der Waals surface area (Å²) in [5.74, 6) is -0.258. The van der Waals surface area contributed by atoms with Crippen LogP contribution in [-0.2, 0) is 4.79 Å². The maximum absolute atomic E-state index is 12.4. The first kappa shape index (κ1) is 12.9. The van der Waals surface area contributed by atoms with Gasteiger partial charge in [-0.2, -0.15) is 0 Å². The molecule has 2 amide bonds. The predicted molar refractivity (Wildman–Crippen MR) is 69.7 cm³/mol. The second kappa shape index (κ2) is 4.98. The number of rotatable bonds is 1. The van der Waals surface area contributed by atoms with Gasteiger partial charge in [-0.05, 0) is 31.5 Å². The topological polar surface area (TPSA) is 49.4 Å². The third-order valence-electron chi connectivity index (χ3n) is 3.26. The van der Waals surface area contributed by atoms with Crippen LogP contribution in [0.3, 0.4) is 0 Å². The summed E-state index contributed by atoms with van der Waals surface area (Å²) >= 11 is 6.01. The van der Waals surface area contributed by atoms with Crippen molar-refractivity contribution in [3.05, 3.63) is 34.3 Å². The van der Waals surface area contributed by atoms with Gasteiger partial charge in [0.05, 0.1) is 0 Å². The Labute approximate surface area is 111 Å². The van der Waals surface area contributed by atoms with Crippen molar-refractivity contribution >= 4 is 23.4 Å². The van der Waals surface area contributed by atoms with Crippen molar-refractivity contribution < 1.29 is 9.59 Å². The first-order valence-electron chi connectivity index (χ1n) is 5.86. The lowest BCUT2D eigenvalue weighted by Gasteiger charge is -2.33. The van der Waals surface area contributed by atoms with E-state index in [-0.39, 0.29) is 11.8 Å².